The lowest BCUT2D eigenvalue weighted by Gasteiger charge is -2.22. The van der Waals surface area contributed by atoms with Gasteiger partial charge in [-0.2, -0.15) is 0 Å². The summed E-state index contributed by atoms with van der Waals surface area (Å²) in [5.41, 5.74) is 1.38. The number of hydrogen-bond donors (Lipinski definition) is 2. The van der Waals surface area contributed by atoms with E-state index in [0.29, 0.717) is 5.92 Å². The van der Waals surface area contributed by atoms with Gasteiger partial charge < -0.3 is 10.1 Å². The Balaban J connectivity index is 1.84. The first-order chi connectivity index (χ1) is 15.7. The molecule has 6 nitrogen and oxygen atoms in total. The Morgan fingerprint density at radius 2 is 1.67 bits per heavy atom. The number of hydrogen-bond acceptors (Lipinski definition) is 4. The molecule has 0 aromatic heterocycles. The van der Waals surface area contributed by atoms with Crippen LogP contribution < -0.4 is 14.8 Å². The van der Waals surface area contributed by atoms with Crippen molar-refractivity contribution >= 4 is 33.2 Å². The van der Waals surface area contributed by atoms with E-state index >= 15 is 0 Å². The molecule has 0 aliphatic carbocycles. The molecule has 0 saturated heterocycles. The molecule has 1 unspecified atom stereocenters. The van der Waals surface area contributed by atoms with Crippen LogP contribution in [0.4, 0.5) is 5.69 Å². The molecule has 0 spiro atoms. The maximum atomic E-state index is 13.1. The van der Waals surface area contributed by atoms with E-state index in [1.54, 1.807) is 25.3 Å². The van der Waals surface area contributed by atoms with E-state index in [1.165, 1.54) is 30.3 Å². The van der Waals surface area contributed by atoms with Crippen LogP contribution >= 0.6 is 11.6 Å². The standard InChI is InChI=1S/C25H27ClN2O4S/c1-17(2)15-24(18-9-12-20(32-3)13-10-18)27-25(29)22-16-19(11-14-23(22)26)28-33(30,31)21-7-5-4-6-8-21/h4-14,16-17,24,28H,15H2,1-3H3,(H,27,29). The minimum atomic E-state index is -3.79. The van der Waals surface area contributed by atoms with Gasteiger partial charge in [0.05, 0.1) is 28.6 Å². The molecule has 0 saturated carbocycles. The third kappa shape index (κ3) is 6.49. The van der Waals surface area contributed by atoms with Crippen molar-refractivity contribution in [3.63, 3.8) is 0 Å². The number of halogens is 1. The van der Waals surface area contributed by atoms with E-state index in [2.05, 4.69) is 23.9 Å². The molecule has 0 radical (unpaired) electrons. The summed E-state index contributed by atoms with van der Waals surface area (Å²) in [5.74, 6) is 0.675. The summed E-state index contributed by atoms with van der Waals surface area (Å²) in [6.45, 7) is 4.16. The molecule has 1 amide bonds. The summed E-state index contributed by atoms with van der Waals surface area (Å²) in [5, 5.41) is 3.27. The molecule has 0 fully saturated rings. The fourth-order valence-electron chi connectivity index (χ4n) is 3.40. The van der Waals surface area contributed by atoms with Crippen molar-refractivity contribution in [1.82, 2.24) is 5.32 Å². The van der Waals surface area contributed by atoms with Crippen LogP contribution in [-0.2, 0) is 10.0 Å². The van der Waals surface area contributed by atoms with Gasteiger partial charge in [-0.25, -0.2) is 8.42 Å². The van der Waals surface area contributed by atoms with Crippen LogP contribution in [0.5, 0.6) is 5.75 Å². The van der Waals surface area contributed by atoms with Crippen LogP contribution in [0.15, 0.2) is 77.7 Å². The highest BCUT2D eigenvalue weighted by Crippen LogP contribution is 2.27. The fraction of sp³-hybridized carbons (Fsp3) is 0.240. The number of nitrogens with one attached hydrogen (secondary N) is 2. The molecule has 0 heterocycles. The van der Waals surface area contributed by atoms with Crippen molar-refractivity contribution in [3.8, 4) is 5.75 Å². The molecule has 33 heavy (non-hydrogen) atoms. The van der Waals surface area contributed by atoms with Crippen molar-refractivity contribution < 1.29 is 17.9 Å². The minimum Gasteiger partial charge on any atom is -0.497 e. The molecule has 2 N–H and O–H groups in total. The first-order valence-electron chi connectivity index (χ1n) is 10.5. The topological polar surface area (TPSA) is 84.5 Å². The molecule has 1 atom stereocenters. The van der Waals surface area contributed by atoms with Gasteiger partial charge in [0.15, 0.2) is 0 Å². The zero-order valence-corrected chi connectivity index (χ0v) is 20.3. The van der Waals surface area contributed by atoms with E-state index in [1.807, 2.05) is 24.3 Å². The van der Waals surface area contributed by atoms with Gasteiger partial charge in [0.1, 0.15) is 5.75 Å². The van der Waals surface area contributed by atoms with Crippen LogP contribution in [0.1, 0.15) is 42.2 Å². The first kappa shape index (κ1) is 24.6. The van der Waals surface area contributed by atoms with Crippen molar-refractivity contribution in [1.29, 1.82) is 0 Å². The maximum absolute atomic E-state index is 13.1. The lowest BCUT2D eigenvalue weighted by atomic mass is 9.96. The lowest BCUT2D eigenvalue weighted by Crippen LogP contribution is -2.30. The number of methoxy groups -OCH3 is 1. The Morgan fingerprint density at radius 1 is 1.00 bits per heavy atom. The normalized spacial score (nSPS) is 12.3. The Hall–Kier alpha value is -3.03. The quantitative estimate of drug-likeness (QED) is 0.408. The molecule has 174 valence electrons. The van der Waals surface area contributed by atoms with E-state index < -0.39 is 10.0 Å². The molecule has 3 aromatic carbocycles. The van der Waals surface area contributed by atoms with Crippen LogP contribution in [0.2, 0.25) is 5.02 Å². The highest BCUT2D eigenvalue weighted by Gasteiger charge is 2.21. The van der Waals surface area contributed by atoms with Gasteiger partial charge in [-0.3, -0.25) is 9.52 Å². The Labute approximate surface area is 200 Å². The smallest absolute Gasteiger partial charge is 0.261 e. The van der Waals surface area contributed by atoms with Crippen LogP contribution in [0.3, 0.4) is 0 Å². The average Bonchev–Trinajstić information content (AvgIpc) is 2.80. The number of amides is 1. The summed E-state index contributed by atoms with van der Waals surface area (Å²) in [7, 11) is -2.19. The zero-order chi connectivity index (χ0) is 24.0. The molecule has 8 heteroatoms. The SMILES string of the molecule is COc1ccc(C(CC(C)C)NC(=O)c2cc(NS(=O)(=O)c3ccccc3)ccc2Cl)cc1. The largest absolute Gasteiger partial charge is 0.497 e. The second-order valence-corrected chi connectivity index (χ2v) is 10.1. The number of rotatable bonds is 9. The average molecular weight is 487 g/mol. The van der Waals surface area contributed by atoms with E-state index in [9.17, 15) is 13.2 Å². The summed E-state index contributed by atoms with van der Waals surface area (Å²) in [6, 6.07) is 19.8. The second kappa shape index (κ2) is 10.7. The molecule has 0 aliphatic rings. The third-order valence-electron chi connectivity index (χ3n) is 5.05. The Kier molecular flexibility index (Phi) is 8.00. The second-order valence-electron chi connectivity index (χ2n) is 8.04. The summed E-state index contributed by atoms with van der Waals surface area (Å²) < 4.78 is 33.0. The highest BCUT2D eigenvalue weighted by molar-refractivity contribution is 7.92. The van der Waals surface area contributed by atoms with Gasteiger partial charge in [0.2, 0.25) is 0 Å². The van der Waals surface area contributed by atoms with Gasteiger partial charge in [-0.15, -0.1) is 0 Å². The van der Waals surface area contributed by atoms with Gasteiger partial charge in [0, 0.05) is 5.69 Å². The number of sulfonamides is 1. The van der Waals surface area contributed by atoms with Gasteiger partial charge in [-0.1, -0.05) is 55.8 Å². The van der Waals surface area contributed by atoms with Gasteiger partial charge in [-0.05, 0) is 60.4 Å². The van der Waals surface area contributed by atoms with Crippen LogP contribution in [-0.4, -0.2) is 21.4 Å². The fourth-order valence-corrected chi connectivity index (χ4v) is 4.67. The molecule has 0 bridgehead atoms. The summed E-state index contributed by atoms with van der Waals surface area (Å²) >= 11 is 6.30. The molecule has 0 aliphatic heterocycles. The molecular formula is C25H27ClN2O4S. The molecular weight excluding hydrogens is 460 g/mol. The number of carbonyl (C=O) groups is 1. The van der Waals surface area contributed by atoms with Crippen molar-refractivity contribution in [2.75, 3.05) is 11.8 Å². The highest BCUT2D eigenvalue weighted by atomic mass is 35.5. The summed E-state index contributed by atoms with van der Waals surface area (Å²) in [6.07, 6.45) is 0.718. The van der Waals surface area contributed by atoms with Gasteiger partial charge in [0.25, 0.3) is 15.9 Å². The predicted molar refractivity (Wildman–Crippen MR) is 131 cm³/mol. The van der Waals surface area contributed by atoms with Crippen LogP contribution in [0, 0.1) is 5.92 Å². The van der Waals surface area contributed by atoms with Crippen molar-refractivity contribution in [2.45, 2.75) is 31.2 Å². The minimum absolute atomic E-state index is 0.127. The van der Waals surface area contributed by atoms with E-state index in [0.717, 1.165) is 17.7 Å². The Morgan fingerprint density at radius 3 is 2.27 bits per heavy atom. The predicted octanol–water partition coefficient (Wildman–Crippen LogP) is 5.67. The van der Waals surface area contributed by atoms with E-state index in [4.69, 9.17) is 16.3 Å². The maximum Gasteiger partial charge on any atom is 0.261 e. The van der Waals surface area contributed by atoms with Crippen LogP contribution in [0.25, 0.3) is 0 Å². The number of anilines is 1. The van der Waals surface area contributed by atoms with Gasteiger partial charge >= 0.3 is 0 Å². The monoisotopic (exact) mass is 486 g/mol. The summed E-state index contributed by atoms with van der Waals surface area (Å²) in [4.78, 5) is 13.3. The Bertz CT molecular complexity index is 1200. The number of benzene rings is 3. The zero-order valence-electron chi connectivity index (χ0n) is 18.7. The first-order valence-corrected chi connectivity index (χ1v) is 12.4. The molecule has 3 rings (SSSR count). The number of carbonyl (C=O) groups excluding carboxylic acids is 1. The lowest BCUT2D eigenvalue weighted by molar-refractivity contribution is 0.0932. The number of ether oxygens (including phenoxy) is 1. The van der Waals surface area contributed by atoms with Crippen molar-refractivity contribution in [3.05, 3.63) is 88.9 Å². The third-order valence-corrected chi connectivity index (χ3v) is 6.77. The van der Waals surface area contributed by atoms with Crippen molar-refractivity contribution in [2.24, 2.45) is 5.92 Å². The van der Waals surface area contributed by atoms with E-state index in [-0.39, 0.29) is 33.1 Å². The molecule has 3 aromatic rings.